The normalized spacial score (nSPS) is 19.6. The lowest BCUT2D eigenvalue weighted by atomic mass is 10.1. The fourth-order valence-electron chi connectivity index (χ4n) is 2.90. The largest absolute Gasteiger partial charge is 0.485 e. The third kappa shape index (κ3) is 4.51. The van der Waals surface area contributed by atoms with Gasteiger partial charge in [-0.05, 0) is 25.0 Å². The second-order valence-corrected chi connectivity index (χ2v) is 6.94. The first-order valence-electron chi connectivity index (χ1n) is 8.31. The first-order chi connectivity index (χ1) is 13.0. The predicted octanol–water partition coefficient (Wildman–Crippen LogP) is 4.15. The summed E-state index contributed by atoms with van der Waals surface area (Å²) >= 11 is 12.3. The molecule has 2 aromatic rings. The molecule has 1 aliphatic carbocycles. The van der Waals surface area contributed by atoms with Crippen LogP contribution in [0, 0.1) is 11.3 Å². The molecule has 1 N–H and O–H groups in total. The van der Waals surface area contributed by atoms with Crippen molar-refractivity contribution in [1.82, 2.24) is 9.97 Å². The number of aliphatic hydroxyl groups excluding tert-OH is 1. The maximum atomic E-state index is 9.69. The molecule has 1 aliphatic rings. The van der Waals surface area contributed by atoms with Crippen molar-refractivity contribution in [2.24, 2.45) is 0 Å². The summed E-state index contributed by atoms with van der Waals surface area (Å²) in [5.74, 6) is 0.736. The van der Waals surface area contributed by atoms with Gasteiger partial charge in [0.05, 0.1) is 34.9 Å². The summed E-state index contributed by atoms with van der Waals surface area (Å²) in [6.45, 7) is 0. The minimum absolute atomic E-state index is 0.121. The Bertz CT molecular complexity index is 891. The van der Waals surface area contributed by atoms with Crippen molar-refractivity contribution < 1.29 is 14.6 Å². The molecule has 2 atom stereocenters. The molecule has 2 heterocycles. The smallest absolute Gasteiger partial charge is 0.256 e. The second-order valence-electron chi connectivity index (χ2n) is 6.12. The van der Waals surface area contributed by atoms with Crippen molar-refractivity contribution in [2.75, 3.05) is 7.11 Å². The predicted molar refractivity (Wildman–Crippen MR) is 103 cm³/mol. The van der Waals surface area contributed by atoms with Crippen molar-refractivity contribution in [1.29, 1.82) is 5.26 Å². The average Bonchev–Trinajstić information content (AvgIpc) is 3.06. The Kier molecular flexibility index (Phi) is 6.17. The van der Waals surface area contributed by atoms with Gasteiger partial charge < -0.3 is 14.6 Å². The highest BCUT2D eigenvalue weighted by Crippen LogP contribution is 2.34. The Morgan fingerprint density at radius 2 is 2.04 bits per heavy atom. The maximum absolute atomic E-state index is 9.69. The van der Waals surface area contributed by atoms with Gasteiger partial charge >= 0.3 is 0 Å². The molecule has 27 heavy (non-hydrogen) atoms. The van der Waals surface area contributed by atoms with E-state index in [2.05, 4.69) is 16.0 Å². The van der Waals surface area contributed by atoms with Crippen LogP contribution in [0.1, 0.15) is 30.4 Å². The van der Waals surface area contributed by atoms with Crippen LogP contribution in [0.2, 0.25) is 10.0 Å². The van der Waals surface area contributed by atoms with Gasteiger partial charge in [0.15, 0.2) is 5.75 Å². The van der Waals surface area contributed by atoms with Gasteiger partial charge in [0.2, 0.25) is 0 Å². The minimum Gasteiger partial charge on any atom is -0.485 e. The number of hydrogen-bond donors (Lipinski definition) is 1. The highest BCUT2D eigenvalue weighted by molar-refractivity contribution is 6.37. The summed E-state index contributed by atoms with van der Waals surface area (Å²) < 4.78 is 11.2. The van der Waals surface area contributed by atoms with Gasteiger partial charge in [-0.2, -0.15) is 5.26 Å². The number of pyridine rings is 2. The van der Waals surface area contributed by atoms with Crippen LogP contribution >= 0.6 is 23.2 Å². The zero-order valence-corrected chi connectivity index (χ0v) is 16.0. The Morgan fingerprint density at radius 1 is 1.30 bits per heavy atom. The number of halogens is 2. The van der Waals surface area contributed by atoms with Crippen LogP contribution in [0.25, 0.3) is 11.6 Å². The van der Waals surface area contributed by atoms with Gasteiger partial charge in [-0.25, -0.2) is 4.98 Å². The van der Waals surface area contributed by atoms with Crippen LogP contribution < -0.4 is 9.47 Å². The number of aromatic nitrogens is 2. The third-order valence-electron chi connectivity index (χ3n) is 4.27. The third-order valence-corrected chi connectivity index (χ3v) is 4.87. The Balaban J connectivity index is 1.96. The average molecular weight is 406 g/mol. The number of nitriles is 1. The highest BCUT2D eigenvalue weighted by Gasteiger charge is 2.25. The van der Waals surface area contributed by atoms with Crippen LogP contribution in [0.3, 0.4) is 0 Å². The summed E-state index contributed by atoms with van der Waals surface area (Å²) in [5.41, 5.74) is 1.36. The molecule has 0 spiro atoms. The quantitative estimate of drug-likeness (QED) is 0.751. The first-order valence-corrected chi connectivity index (χ1v) is 9.07. The number of methoxy groups -OCH3 is 1. The van der Waals surface area contributed by atoms with Crippen LogP contribution in [-0.4, -0.2) is 34.4 Å². The molecule has 1 saturated carbocycles. The molecule has 0 amide bonds. The summed E-state index contributed by atoms with van der Waals surface area (Å²) in [6.07, 6.45) is 7.54. The fourth-order valence-corrected chi connectivity index (χ4v) is 3.38. The summed E-state index contributed by atoms with van der Waals surface area (Å²) in [7, 11) is 1.50. The van der Waals surface area contributed by atoms with Crippen molar-refractivity contribution in [3.63, 3.8) is 0 Å². The summed E-state index contributed by atoms with van der Waals surface area (Å²) in [4.78, 5) is 8.14. The Morgan fingerprint density at radius 3 is 2.63 bits per heavy atom. The molecule has 0 aromatic carbocycles. The number of nitrogens with zero attached hydrogens (tertiary/aromatic N) is 3. The van der Waals surface area contributed by atoms with E-state index in [-0.39, 0.29) is 12.2 Å². The van der Waals surface area contributed by atoms with E-state index in [9.17, 15) is 10.4 Å². The van der Waals surface area contributed by atoms with E-state index in [0.29, 0.717) is 51.2 Å². The molecular weight excluding hydrogens is 389 g/mol. The van der Waals surface area contributed by atoms with E-state index >= 15 is 0 Å². The first kappa shape index (κ1) is 19.4. The van der Waals surface area contributed by atoms with E-state index in [0.717, 1.165) is 6.42 Å². The van der Waals surface area contributed by atoms with Crippen molar-refractivity contribution in [3.8, 4) is 17.7 Å². The number of hydrogen-bond acceptors (Lipinski definition) is 6. The molecule has 0 aliphatic heterocycles. The highest BCUT2D eigenvalue weighted by atomic mass is 35.5. The van der Waals surface area contributed by atoms with Crippen molar-refractivity contribution in [3.05, 3.63) is 45.8 Å². The van der Waals surface area contributed by atoms with Crippen LogP contribution in [0.15, 0.2) is 24.7 Å². The lowest BCUT2D eigenvalue weighted by Crippen LogP contribution is -2.14. The van der Waals surface area contributed by atoms with E-state index in [4.69, 9.17) is 32.7 Å². The van der Waals surface area contributed by atoms with E-state index in [1.807, 2.05) is 0 Å². The topological polar surface area (TPSA) is 88.3 Å². The molecule has 1 fully saturated rings. The molecule has 8 heteroatoms. The van der Waals surface area contributed by atoms with E-state index < -0.39 is 0 Å². The monoisotopic (exact) mass is 405 g/mol. The number of ether oxygens (including phenoxy) is 2. The van der Waals surface area contributed by atoms with Crippen LogP contribution in [-0.2, 0) is 0 Å². The lowest BCUT2D eigenvalue weighted by molar-refractivity contribution is 0.146. The standard InChI is InChI=1S/C19H17Cl2N3O3/c1-26-19-18(27-14-3-2-13(25)6-14)5-12(8-24-19)11(7-22)4-15-16(20)9-23-10-17(15)21/h4-5,8-10,13-14,25H,2-3,6H2,1H3/b11-4+/t13-,14+/m0/s1. The summed E-state index contributed by atoms with van der Waals surface area (Å²) in [5, 5.41) is 20.0. The van der Waals surface area contributed by atoms with Crippen LogP contribution in [0.5, 0.6) is 11.6 Å². The molecule has 2 aromatic heterocycles. The molecule has 6 nitrogen and oxygen atoms in total. The molecule has 140 valence electrons. The van der Waals surface area contributed by atoms with Gasteiger partial charge in [0, 0.05) is 36.1 Å². The molecule has 3 rings (SSSR count). The Hall–Kier alpha value is -2.33. The SMILES string of the molecule is COc1ncc(/C(C#N)=C/c2c(Cl)cncc2Cl)cc1O[C@@H]1CC[C@H](O)C1. The van der Waals surface area contributed by atoms with Gasteiger partial charge in [-0.1, -0.05) is 23.2 Å². The van der Waals surface area contributed by atoms with Gasteiger partial charge in [0.25, 0.3) is 5.88 Å². The molecular formula is C19H17Cl2N3O3. The second kappa shape index (κ2) is 8.57. The van der Waals surface area contributed by atoms with E-state index in [1.165, 1.54) is 25.7 Å². The zero-order valence-electron chi connectivity index (χ0n) is 14.5. The number of allylic oxidation sites excluding steroid dienone is 1. The molecule has 0 saturated heterocycles. The molecule has 0 radical (unpaired) electrons. The summed E-state index contributed by atoms with van der Waals surface area (Å²) in [6, 6.07) is 3.82. The lowest BCUT2D eigenvalue weighted by Gasteiger charge is -2.16. The number of rotatable bonds is 5. The molecule has 0 bridgehead atoms. The Labute approximate surface area is 167 Å². The fraction of sp³-hybridized carbons (Fsp3) is 0.316. The zero-order chi connectivity index (χ0) is 19.4. The van der Waals surface area contributed by atoms with Crippen LogP contribution in [0.4, 0.5) is 0 Å². The molecule has 0 unspecified atom stereocenters. The van der Waals surface area contributed by atoms with Gasteiger partial charge in [-0.15, -0.1) is 0 Å². The van der Waals surface area contributed by atoms with Gasteiger partial charge in [0.1, 0.15) is 6.10 Å². The maximum Gasteiger partial charge on any atom is 0.256 e. The number of aliphatic hydroxyl groups is 1. The van der Waals surface area contributed by atoms with Crippen molar-refractivity contribution in [2.45, 2.75) is 31.5 Å². The minimum atomic E-state index is -0.359. The van der Waals surface area contributed by atoms with Crippen molar-refractivity contribution >= 4 is 34.9 Å². The van der Waals surface area contributed by atoms with E-state index in [1.54, 1.807) is 12.1 Å². The van der Waals surface area contributed by atoms with Gasteiger partial charge in [-0.3, -0.25) is 4.98 Å².